The zero-order valence-corrected chi connectivity index (χ0v) is 15.0. The minimum absolute atomic E-state index is 0.0860. The number of hydrogen-bond donors (Lipinski definition) is 1. The molecule has 130 valence electrons. The molecule has 0 spiro atoms. The topological polar surface area (TPSA) is 83.5 Å². The molecular weight excluding hydrogens is 336 g/mol. The molecule has 1 aliphatic heterocycles. The first kappa shape index (κ1) is 18.4. The highest BCUT2D eigenvalue weighted by Crippen LogP contribution is 2.14. The van der Waals surface area contributed by atoms with E-state index in [4.69, 9.17) is 0 Å². The van der Waals surface area contributed by atoms with Crippen LogP contribution in [0.15, 0.2) is 34.1 Å². The molecule has 0 aromatic heterocycles. The van der Waals surface area contributed by atoms with Gasteiger partial charge in [-0.25, -0.2) is 21.6 Å². The van der Waals surface area contributed by atoms with Crippen LogP contribution in [-0.4, -0.2) is 54.2 Å². The summed E-state index contributed by atoms with van der Waals surface area (Å²) in [5.41, 5.74) is 0. The molecule has 23 heavy (non-hydrogen) atoms. The Morgan fingerprint density at radius 1 is 0.957 bits per heavy atom. The highest BCUT2D eigenvalue weighted by atomic mass is 32.2. The fourth-order valence-electron chi connectivity index (χ4n) is 2.64. The third-order valence-electron chi connectivity index (χ3n) is 3.95. The minimum Gasteiger partial charge on any atom is -0.303 e. The van der Waals surface area contributed by atoms with E-state index < -0.39 is 19.9 Å². The standard InChI is InChI=1S/C15H24N2O4S2/c1-22(18,19)14-6-8-15(9-7-14)23(20,21)16-10-5-13-17-11-3-2-4-12-17/h6-9,16H,2-5,10-13H2,1H3. The maximum atomic E-state index is 12.2. The molecule has 0 amide bonds. The molecule has 0 saturated carbocycles. The molecule has 1 saturated heterocycles. The lowest BCUT2D eigenvalue weighted by Gasteiger charge is -2.26. The summed E-state index contributed by atoms with van der Waals surface area (Å²) in [6, 6.07) is 5.28. The van der Waals surface area contributed by atoms with E-state index >= 15 is 0 Å². The van der Waals surface area contributed by atoms with Gasteiger partial charge >= 0.3 is 0 Å². The molecule has 0 atom stereocenters. The predicted molar refractivity (Wildman–Crippen MR) is 89.6 cm³/mol. The summed E-state index contributed by atoms with van der Waals surface area (Å²) in [5.74, 6) is 0. The van der Waals surface area contributed by atoms with Crippen LogP contribution >= 0.6 is 0 Å². The Bertz CT molecular complexity index is 706. The molecule has 0 aliphatic carbocycles. The van der Waals surface area contributed by atoms with Crippen LogP contribution in [0.4, 0.5) is 0 Å². The Kier molecular flexibility index (Phi) is 6.19. The molecule has 1 heterocycles. The second-order valence-electron chi connectivity index (χ2n) is 5.90. The summed E-state index contributed by atoms with van der Waals surface area (Å²) >= 11 is 0. The molecule has 1 aromatic carbocycles. The summed E-state index contributed by atoms with van der Waals surface area (Å²) in [6.07, 6.45) is 5.58. The molecule has 1 fully saturated rings. The van der Waals surface area contributed by atoms with Crippen molar-refractivity contribution in [3.63, 3.8) is 0 Å². The molecule has 0 bridgehead atoms. The van der Waals surface area contributed by atoms with Gasteiger partial charge in [-0.1, -0.05) is 6.42 Å². The van der Waals surface area contributed by atoms with Gasteiger partial charge in [-0.15, -0.1) is 0 Å². The quantitative estimate of drug-likeness (QED) is 0.740. The average molecular weight is 361 g/mol. The Morgan fingerprint density at radius 2 is 1.52 bits per heavy atom. The third-order valence-corrected chi connectivity index (χ3v) is 6.56. The fraction of sp³-hybridized carbons (Fsp3) is 0.600. The van der Waals surface area contributed by atoms with Gasteiger partial charge in [0.25, 0.3) is 0 Å². The summed E-state index contributed by atoms with van der Waals surface area (Å²) in [5, 5.41) is 0. The van der Waals surface area contributed by atoms with E-state index in [9.17, 15) is 16.8 Å². The van der Waals surface area contributed by atoms with Crippen molar-refractivity contribution in [1.82, 2.24) is 9.62 Å². The lowest BCUT2D eigenvalue weighted by atomic mass is 10.1. The fourth-order valence-corrected chi connectivity index (χ4v) is 4.35. The van der Waals surface area contributed by atoms with Crippen molar-refractivity contribution in [3.05, 3.63) is 24.3 Å². The molecule has 2 rings (SSSR count). The average Bonchev–Trinajstić information content (AvgIpc) is 2.52. The van der Waals surface area contributed by atoms with Gasteiger partial charge in [0.15, 0.2) is 9.84 Å². The highest BCUT2D eigenvalue weighted by Gasteiger charge is 2.15. The monoisotopic (exact) mass is 360 g/mol. The summed E-state index contributed by atoms with van der Waals surface area (Å²) in [4.78, 5) is 2.56. The van der Waals surface area contributed by atoms with E-state index in [1.165, 1.54) is 43.5 Å². The van der Waals surface area contributed by atoms with Crippen LogP contribution < -0.4 is 4.72 Å². The van der Waals surface area contributed by atoms with Crippen molar-refractivity contribution in [2.24, 2.45) is 0 Å². The summed E-state index contributed by atoms with van der Waals surface area (Å²) in [6.45, 7) is 3.47. The van der Waals surface area contributed by atoms with Gasteiger partial charge in [0.05, 0.1) is 9.79 Å². The Morgan fingerprint density at radius 3 is 2.09 bits per heavy atom. The number of nitrogens with one attached hydrogen (secondary N) is 1. The van der Waals surface area contributed by atoms with Crippen molar-refractivity contribution in [2.45, 2.75) is 35.5 Å². The van der Waals surface area contributed by atoms with Gasteiger partial charge in [-0.05, 0) is 63.2 Å². The summed E-state index contributed by atoms with van der Waals surface area (Å²) in [7, 11) is -6.91. The molecule has 1 N–H and O–H groups in total. The number of piperidine rings is 1. The van der Waals surface area contributed by atoms with Gasteiger partial charge in [0.2, 0.25) is 10.0 Å². The van der Waals surface area contributed by atoms with Gasteiger partial charge in [-0.2, -0.15) is 0 Å². The molecular formula is C15H24N2O4S2. The van der Waals surface area contributed by atoms with Gasteiger partial charge in [0, 0.05) is 12.8 Å². The normalized spacial score (nSPS) is 17.3. The Labute approximate surface area is 138 Å². The van der Waals surface area contributed by atoms with Crippen molar-refractivity contribution in [3.8, 4) is 0 Å². The van der Waals surface area contributed by atoms with E-state index in [1.807, 2.05) is 0 Å². The zero-order chi connectivity index (χ0) is 16.9. The second kappa shape index (κ2) is 7.74. The number of sulfonamides is 1. The molecule has 6 nitrogen and oxygen atoms in total. The first-order valence-corrected chi connectivity index (χ1v) is 11.2. The zero-order valence-electron chi connectivity index (χ0n) is 13.4. The van der Waals surface area contributed by atoms with Crippen LogP contribution in [0.25, 0.3) is 0 Å². The highest BCUT2D eigenvalue weighted by molar-refractivity contribution is 7.90. The number of hydrogen-bond acceptors (Lipinski definition) is 5. The maximum Gasteiger partial charge on any atom is 0.240 e. The number of nitrogens with zero attached hydrogens (tertiary/aromatic N) is 1. The van der Waals surface area contributed by atoms with Crippen LogP contribution in [0.1, 0.15) is 25.7 Å². The molecule has 8 heteroatoms. The first-order chi connectivity index (χ1) is 10.8. The van der Waals surface area contributed by atoms with Crippen molar-refractivity contribution in [2.75, 3.05) is 32.4 Å². The van der Waals surface area contributed by atoms with Gasteiger partial charge in [0.1, 0.15) is 0 Å². The van der Waals surface area contributed by atoms with Gasteiger partial charge < -0.3 is 4.90 Å². The van der Waals surface area contributed by atoms with Crippen LogP contribution in [-0.2, 0) is 19.9 Å². The van der Waals surface area contributed by atoms with Crippen LogP contribution in [0.3, 0.4) is 0 Å². The van der Waals surface area contributed by atoms with E-state index in [0.29, 0.717) is 6.54 Å². The largest absolute Gasteiger partial charge is 0.303 e. The van der Waals surface area contributed by atoms with E-state index in [0.717, 1.165) is 32.3 Å². The maximum absolute atomic E-state index is 12.2. The van der Waals surface area contributed by atoms with Crippen molar-refractivity contribution in [1.29, 1.82) is 0 Å². The SMILES string of the molecule is CS(=O)(=O)c1ccc(S(=O)(=O)NCCCN2CCCCC2)cc1. The molecule has 1 aliphatic rings. The van der Waals surface area contributed by atoms with Crippen LogP contribution in [0.5, 0.6) is 0 Å². The summed E-state index contributed by atoms with van der Waals surface area (Å²) < 4.78 is 49.7. The number of likely N-dealkylation sites (tertiary alicyclic amines) is 1. The first-order valence-electron chi connectivity index (χ1n) is 7.81. The van der Waals surface area contributed by atoms with Crippen molar-refractivity contribution >= 4 is 19.9 Å². The number of sulfone groups is 1. The molecule has 1 aromatic rings. The van der Waals surface area contributed by atoms with Crippen molar-refractivity contribution < 1.29 is 16.8 Å². The molecule has 0 radical (unpaired) electrons. The van der Waals surface area contributed by atoms with E-state index in [1.54, 1.807) is 0 Å². The minimum atomic E-state index is -3.59. The lowest BCUT2D eigenvalue weighted by molar-refractivity contribution is 0.227. The Balaban J connectivity index is 1.86. The second-order valence-corrected chi connectivity index (χ2v) is 9.68. The van der Waals surface area contributed by atoms with Crippen LogP contribution in [0, 0.1) is 0 Å². The lowest BCUT2D eigenvalue weighted by Crippen LogP contribution is -2.33. The number of benzene rings is 1. The molecule has 0 unspecified atom stereocenters. The van der Waals surface area contributed by atoms with E-state index in [2.05, 4.69) is 9.62 Å². The third kappa shape index (κ3) is 5.56. The number of rotatable bonds is 7. The predicted octanol–water partition coefficient (Wildman–Crippen LogP) is 1.24. The van der Waals surface area contributed by atoms with E-state index in [-0.39, 0.29) is 9.79 Å². The van der Waals surface area contributed by atoms with Crippen LogP contribution in [0.2, 0.25) is 0 Å². The Hall–Kier alpha value is -0.960. The van der Waals surface area contributed by atoms with Gasteiger partial charge in [-0.3, -0.25) is 0 Å². The smallest absolute Gasteiger partial charge is 0.240 e.